The van der Waals surface area contributed by atoms with Crippen LogP contribution in [-0.2, 0) is 0 Å². The lowest BCUT2D eigenvalue weighted by molar-refractivity contribution is -0.386. The Bertz CT molecular complexity index is 725. The zero-order valence-electron chi connectivity index (χ0n) is 11.3. The summed E-state index contributed by atoms with van der Waals surface area (Å²) in [5.41, 5.74) is 0.545. The van der Waals surface area contributed by atoms with E-state index in [4.69, 9.17) is 10.00 Å². The predicted molar refractivity (Wildman–Crippen MR) is 74.7 cm³/mol. The number of halogens is 1. The van der Waals surface area contributed by atoms with E-state index in [2.05, 4.69) is 0 Å². The molecule has 0 amide bonds. The molecule has 0 saturated carbocycles. The minimum atomic E-state index is -1.06. The van der Waals surface area contributed by atoms with Crippen LogP contribution in [0, 0.1) is 27.3 Å². The highest BCUT2D eigenvalue weighted by atomic mass is 19.1. The fraction of sp³-hybridized carbons (Fsp3) is 0.133. The van der Waals surface area contributed by atoms with Gasteiger partial charge in [-0.05, 0) is 23.8 Å². The number of hydrogen-bond acceptors (Lipinski definition) is 5. The first-order valence-corrected chi connectivity index (χ1v) is 6.26. The minimum Gasteiger partial charge on any atom is -0.484 e. The van der Waals surface area contributed by atoms with E-state index in [9.17, 15) is 19.6 Å². The van der Waals surface area contributed by atoms with Gasteiger partial charge in [-0.15, -0.1) is 0 Å². The maximum absolute atomic E-state index is 13.1. The summed E-state index contributed by atoms with van der Waals surface area (Å²) in [4.78, 5) is 10.1. The van der Waals surface area contributed by atoms with Gasteiger partial charge in [0.25, 0.3) is 0 Å². The Morgan fingerprint density at radius 2 is 2.00 bits per heavy atom. The van der Waals surface area contributed by atoms with Crippen molar-refractivity contribution in [2.45, 2.75) is 6.10 Å². The van der Waals surface area contributed by atoms with Crippen LogP contribution in [0.4, 0.5) is 10.1 Å². The Labute approximate surface area is 125 Å². The Hall–Kier alpha value is -2.98. The number of aliphatic hydroxyl groups excluding tert-OH is 1. The molecule has 112 valence electrons. The molecular weight excluding hydrogens is 291 g/mol. The molecule has 1 N–H and O–H groups in total. The third-order valence-electron chi connectivity index (χ3n) is 2.94. The lowest BCUT2D eigenvalue weighted by Gasteiger charge is -2.13. The number of rotatable bonds is 5. The molecule has 6 nitrogen and oxygen atoms in total. The Balaban J connectivity index is 2.10. The predicted octanol–water partition coefficient (Wildman–Crippen LogP) is 2.72. The molecule has 7 heteroatoms. The maximum atomic E-state index is 13.1. The summed E-state index contributed by atoms with van der Waals surface area (Å²) in [6.07, 6.45) is -1.06. The summed E-state index contributed by atoms with van der Waals surface area (Å²) in [5, 5.41) is 29.5. The molecule has 0 spiro atoms. The molecule has 0 aliphatic rings. The number of nitro benzene ring substituents is 1. The van der Waals surface area contributed by atoms with E-state index in [1.54, 1.807) is 12.1 Å². The van der Waals surface area contributed by atoms with Gasteiger partial charge in [0.1, 0.15) is 18.5 Å². The summed E-state index contributed by atoms with van der Waals surface area (Å²) in [6, 6.07) is 11.0. The fourth-order valence-electron chi connectivity index (χ4n) is 1.80. The number of nitriles is 1. The fourth-order valence-corrected chi connectivity index (χ4v) is 1.80. The van der Waals surface area contributed by atoms with Crippen molar-refractivity contribution >= 4 is 5.69 Å². The van der Waals surface area contributed by atoms with Gasteiger partial charge in [0.2, 0.25) is 0 Å². The van der Waals surface area contributed by atoms with Gasteiger partial charge in [-0.3, -0.25) is 10.1 Å². The topological polar surface area (TPSA) is 96.4 Å². The van der Waals surface area contributed by atoms with Gasteiger partial charge in [0.05, 0.1) is 16.6 Å². The van der Waals surface area contributed by atoms with Gasteiger partial charge in [-0.25, -0.2) is 4.39 Å². The number of nitrogens with zero attached hydrogens (tertiary/aromatic N) is 2. The lowest BCUT2D eigenvalue weighted by atomic mass is 10.1. The molecule has 0 aliphatic carbocycles. The van der Waals surface area contributed by atoms with Crippen molar-refractivity contribution in [3.05, 3.63) is 69.5 Å². The van der Waals surface area contributed by atoms with Gasteiger partial charge >= 0.3 is 5.69 Å². The van der Waals surface area contributed by atoms with Gasteiger partial charge in [-0.1, -0.05) is 12.1 Å². The van der Waals surface area contributed by atoms with Crippen molar-refractivity contribution < 1.29 is 19.2 Å². The first-order chi connectivity index (χ1) is 10.5. The van der Waals surface area contributed by atoms with Gasteiger partial charge in [0, 0.05) is 12.1 Å². The van der Waals surface area contributed by atoms with E-state index in [1.807, 2.05) is 6.07 Å². The van der Waals surface area contributed by atoms with E-state index in [-0.39, 0.29) is 18.0 Å². The molecule has 0 heterocycles. The molecule has 0 aromatic heterocycles. The molecule has 2 aromatic carbocycles. The Kier molecular flexibility index (Phi) is 4.66. The smallest absolute Gasteiger partial charge is 0.311 e. The molecule has 0 radical (unpaired) electrons. The zero-order chi connectivity index (χ0) is 16.1. The van der Waals surface area contributed by atoms with Crippen LogP contribution in [0.25, 0.3) is 0 Å². The van der Waals surface area contributed by atoms with E-state index < -0.39 is 16.8 Å². The standard InChI is InChI=1S/C15H11FN2O4/c16-12-5-6-13(18(20)21)15(7-12)22-9-14(19)11-3-1-10(8-17)2-4-11/h1-7,14,19H,9H2. The first-order valence-electron chi connectivity index (χ1n) is 6.26. The Morgan fingerprint density at radius 3 is 2.59 bits per heavy atom. The summed E-state index contributed by atoms with van der Waals surface area (Å²) in [5.74, 6) is -0.925. The highest BCUT2D eigenvalue weighted by Gasteiger charge is 2.17. The lowest BCUT2D eigenvalue weighted by Crippen LogP contribution is -2.10. The SMILES string of the molecule is N#Cc1ccc(C(O)COc2cc(F)ccc2[N+](=O)[O-])cc1. The summed E-state index contributed by atoms with van der Waals surface area (Å²) < 4.78 is 18.3. The number of ether oxygens (including phenoxy) is 1. The van der Waals surface area contributed by atoms with Crippen LogP contribution >= 0.6 is 0 Å². The van der Waals surface area contributed by atoms with Crippen LogP contribution in [-0.4, -0.2) is 16.6 Å². The number of benzene rings is 2. The monoisotopic (exact) mass is 302 g/mol. The largest absolute Gasteiger partial charge is 0.484 e. The maximum Gasteiger partial charge on any atom is 0.311 e. The second-order valence-electron chi connectivity index (χ2n) is 4.43. The first kappa shape index (κ1) is 15.4. The van der Waals surface area contributed by atoms with E-state index in [1.165, 1.54) is 12.1 Å². The average Bonchev–Trinajstić information content (AvgIpc) is 2.52. The van der Waals surface area contributed by atoms with Crippen molar-refractivity contribution in [3.63, 3.8) is 0 Å². The van der Waals surface area contributed by atoms with Crippen molar-refractivity contribution in [2.75, 3.05) is 6.61 Å². The molecule has 22 heavy (non-hydrogen) atoms. The Morgan fingerprint density at radius 1 is 1.32 bits per heavy atom. The molecule has 2 aromatic rings. The molecule has 2 rings (SSSR count). The minimum absolute atomic E-state index is 0.252. The van der Waals surface area contributed by atoms with Crippen molar-refractivity contribution in [2.24, 2.45) is 0 Å². The molecule has 0 aliphatic heterocycles. The molecule has 0 bridgehead atoms. The third-order valence-corrected chi connectivity index (χ3v) is 2.94. The molecule has 0 saturated heterocycles. The highest BCUT2D eigenvalue weighted by molar-refractivity contribution is 5.46. The summed E-state index contributed by atoms with van der Waals surface area (Å²) >= 11 is 0. The molecule has 1 atom stereocenters. The van der Waals surface area contributed by atoms with Gasteiger partial charge in [-0.2, -0.15) is 5.26 Å². The third kappa shape index (κ3) is 3.56. The van der Waals surface area contributed by atoms with Crippen LogP contribution in [0.15, 0.2) is 42.5 Å². The molecule has 0 fully saturated rings. The quantitative estimate of drug-likeness (QED) is 0.676. The summed E-state index contributed by atoms with van der Waals surface area (Å²) in [6.45, 7) is -0.282. The van der Waals surface area contributed by atoms with E-state index >= 15 is 0 Å². The molecular formula is C15H11FN2O4. The van der Waals surface area contributed by atoms with Gasteiger partial charge in [0.15, 0.2) is 5.75 Å². The van der Waals surface area contributed by atoms with E-state index in [0.29, 0.717) is 11.1 Å². The molecule has 1 unspecified atom stereocenters. The second kappa shape index (κ2) is 6.65. The van der Waals surface area contributed by atoms with Crippen LogP contribution in [0.3, 0.4) is 0 Å². The van der Waals surface area contributed by atoms with E-state index in [0.717, 1.165) is 18.2 Å². The normalized spacial score (nSPS) is 11.5. The van der Waals surface area contributed by atoms with Crippen LogP contribution in [0.1, 0.15) is 17.2 Å². The second-order valence-corrected chi connectivity index (χ2v) is 4.43. The van der Waals surface area contributed by atoms with Crippen molar-refractivity contribution in [1.82, 2.24) is 0 Å². The number of hydrogen-bond donors (Lipinski definition) is 1. The number of nitro groups is 1. The average molecular weight is 302 g/mol. The van der Waals surface area contributed by atoms with Crippen LogP contribution < -0.4 is 4.74 Å². The van der Waals surface area contributed by atoms with Crippen LogP contribution in [0.5, 0.6) is 5.75 Å². The summed E-state index contributed by atoms with van der Waals surface area (Å²) in [7, 11) is 0. The van der Waals surface area contributed by atoms with Crippen LogP contribution in [0.2, 0.25) is 0 Å². The van der Waals surface area contributed by atoms with Gasteiger partial charge < -0.3 is 9.84 Å². The number of aliphatic hydroxyl groups is 1. The van der Waals surface area contributed by atoms with Crippen molar-refractivity contribution in [1.29, 1.82) is 5.26 Å². The zero-order valence-corrected chi connectivity index (χ0v) is 11.3. The van der Waals surface area contributed by atoms with Crippen molar-refractivity contribution in [3.8, 4) is 11.8 Å². The highest BCUT2D eigenvalue weighted by Crippen LogP contribution is 2.28.